The molecule has 1 N–H and O–H groups in total. The number of aromatic hydroxyl groups is 1. The van der Waals surface area contributed by atoms with Gasteiger partial charge in [-0.05, 0) is 6.07 Å². The first-order chi connectivity index (χ1) is 12.9. The van der Waals surface area contributed by atoms with E-state index in [9.17, 15) is 18.1 Å². The van der Waals surface area contributed by atoms with Gasteiger partial charge in [-0.15, -0.1) is 40.8 Å². The maximum atomic E-state index is 11.6. The van der Waals surface area contributed by atoms with Crippen molar-refractivity contribution in [1.82, 2.24) is 0 Å². The Morgan fingerprint density at radius 1 is 0.828 bits per heavy atom. The molecule has 0 atom stereocenters. The Kier molecular flexibility index (Phi) is 8.00. The van der Waals surface area contributed by atoms with Crippen LogP contribution < -0.4 is 59.1 Å². The third-order valence-electron chi connectivity index (χ3n) is 4.18. The van der Waals surface area contributed by atoms with E-state index in [1.165, 1.54) is 12.1 Å². The second kappa shape index (κ2) is 9.68. The van der Waals surface area contributed by atoms with Gasteiger partial charge in [0.2, 0.25) is 0 Å². The van der Waals surface area contributed by atoms with Crippen LogP contribution in [0.15, 0.2) is 81.9 Å². The van der Waals surface area contributed by atoms with Crippen LogP contribution in [-0.4, -0.2) is 18.1 Å². The first kappa shape index (κ1) is 24.0. The van der Waals surface area contributed by atoms with E-state index in [-0.39, 0.29) is 81.3 Å². The molecule has 0 aliphatic heterocycles. The van der Waals surface area contributed by atoms with Crippen molar-refractivity contribution >= 4 is 43.0 Å². The van der Waals surface area contributed by atoms with E-state index in [1.807, 2.05) is 24.3 Å². The van der Waals surface area contributed by atoms with Gasteiger partial charge in [-0.25, -0.2) is 8.42 Å². The quantitative estimate of drug-likeness (QED) is 0.195. The molecule has 9 heteroatoms. The number of fused-ring (bicyclic) bond motifs is 2. The summed E-state index contributed by atoms with van der Waals surface area (Å²) in [5.74, 6) is -0.242. The zero-order valence-electron chi connectivity index (χ0n) is 15.8. The van der Waals surface area contributed by atoms with Crippen molar-refractivity contribution < 1.29 is 77.2 Å². The first-order valence-corrected chi connectivity index (χ1v) is 9.38. The second-order valence-electron chi connectivity index (χ2n) is 5.85. The van der Waals surface area contributed by atoms with Crippen LogP contribution >= 0.6 is 0 Å². The summed E-state index contributed by atoms with van der Waals surface area (Å²) < 4.78 is 34.9. The van der Waals surface area contributed by atoms with E-state index >= 15 is 0 Å². The Balaban J connectivity index is 0.00000150. The molecule has 6 nitrogen and oxygen atoms in total. The van der Waals surface area contributed by atoms with E-state index in [4.69, 9.17) is 0 Å². The maximum absolute atomic E-state index is 11.6. The second-order valence-corrected chi connectivity index (χ2v) is 7.20. The molecule has 0 saturated heterocycles. The molecule has 4 rings (SSSR count). The predicted molar refractivity (Wildman–Crippen MR) is 101 cm³/mol. The number of nitrogens with zero attached hydrogens (tertiary/aromatic N) is 2. The first-order valence-electron chi connectivity index (χ1n) is 7.97. The molecular formula is C20H12N2Na2O4S. The molecule has 0 amide bonds. The van der Waals surface area contributed by atoms with Gasteiger partial charge in [-0.2, -0.15) is 5.11 Å². The number of rotatable bonds is 3. The normalized spacial score (nSPS) is 11.3. The molecule has 0 unspecified atom stereocenters. The Bertz CT molecular complexity index is 1320. The van der Waals surface area contributed by atoms with Crippen LogP contribution in [0.2, 0.25) is 0 Å². The molecule has 0 heterocycles. The third-order valence-corrected chi connectivity index (χ3v) is 5.05. The minimum atomic E-state index is -4.75. The van der Waals surface area contributed by atoms with E-state index in [1.54, 1.807) is 24.3 Å². The fourth-order valence-corrected chi connectivity index (χ4v) is 3.63. The topological polar surface area (TPSA) is 102 Å². The molecule has 4 aromatic carbocycles. The molecule has 29 heavy (non-hydrogen) atoms. The Morgan fingerprint density at radius 3 is 2.10 bits per heavy atom. The zero-order valence-corrected chi connectivity index (χ0v) is 20.6. The summed E-state index contributed by atoms with van der Waals surface area (Å²) in [6, 6.07) is 21.2. The summed E-state index contributed by atoms with van der Waals surface area (Å²) in [5.41, 5.74) is 0.434. The molecule has 0 saturated carbocycles. The van der Waals surface area contributed by atoms with Crippen LogP contribution in [0, 0.1) is 6.07 Å². The van der Waals surface area contributed by atoms with Crippen molar-refractivity contribution in [2.45, 2.75) is 4.90 Å². The van der Waals surface area contributed by atoms with Gasteiger partial charge < -0.3 is 9.66 Å². The number of azo groups is 1. The van der Waals surface area contributed by atoms with Gasteiger partial charge in [0.25, 0.3) is 0 Å². The maximum Gasteiger partial charge on any atom is 1.00 e. The number of hydrogen-bond acceptors (Lipinski definition) is 6. The van der Waals surface area contributed by atoms with Crippen molar-refractivity contribution in [1.29, 1.82) is 0 Å². The SMILES string of the molecule is O=S(=O)([O-])c1cc(N=Nc2cc[c-]c3ccccc23)c(O)c2ccccc12.[Na+].[Na+]. The summed E-state index contributed by atoms with van der Waals surface area (Å²) in [6.45, 7) is 0. The fraction of sp³-hybridized carbons (Fsp3) is 0. The van der Waals surface area contributed by atoms with Gasteiger partial charge in [-0.1, -0.05) is 41.8 Å². The Labute approximate surface area is 212 Å². The average molecular weight is 422 g/mol. The zero-order chi connectivity index (χ0) is 19.0. The van der Waals surface area contributed by atoms with Gasteiger partial charge in [0, 0.05) is 16.5 Å². The molecular weight excluding hydrogens is 410 g/mol. The van der Waals surface area contributed by atoms with Crippen LogP contribution in [0.1, 0.15) is 0 Å². The van der Waals surface area contributed by atoms with E-state index in [0.29, 0.717) is 5.69 Å². The van der Waals surface area contributed by atoms with Gasteiger partial charge in [-0.3, -0.25) is 0 Å². The third kappa shape index (κ3) is 4.90. The molecule has 0 bridgehead atoms. The standard InChI is InChI=1S/C20H13N2O4S.2Na/c23-20-16-10-4-3-9-15(16)19(27(24,25)26)12-18(20)22-21-17-11-5-7-13-6-1-2-8-14(13)17;;/h1-6,8-12,23H,(H,24,25,26);;/q-1;2*+1/p-1. The van der Waals surface area contributed by atoms with Gasteiger partial charge in [0.15, 0.2) is 5.75 Å². The molecule has 0 aromatic heterocycles. The largest absolute Gasteiger partial charge is 1.00 e. The monoisotopic (exact) mass is 422 g/mol. The Hall–Kier alpha value is -1.29. The van der Waals surface area contributed by atoms with Crippen molar-refractivity contribution in [3.05, 3.63) is 72.8 Å². The van der Waals surface area contributed by atoms with E-state index < -0.39 is 15.0 Å². The molecule has 0 aliphatic rings. The molecule has 0 radical (unpaired) electrons. The molecule has 0 spiro atoms. The van der Waals surface area contributed by atoms with Crippen LogP contribution in [0.3, 0.4) is 0 Å². The fourth-order valence-electron chi connectivity index (χ4n) is 2.92. The number of phenols is 1. The molecule has 0 aliphatic carbocycles. The van der Waals surface area contributed by atoms with E-state index in [2.05, 4.69) is 16.3 Å². The average Bonchev–Trinajstić information content (AvgIpc) is 2.66. The van der Waals surface area contributed by atoms with E-state index in [0.717, 1.165) is 16.8 Å². The summed E-state index contributed by atoms with van der Waals surface area (Å²) >= 11 is 0. The summed E-state index contributed by atoms with van der Waals surface area (Å²) in [6.07, 6.45) is 0. The predicted octanol–water partition coefficient (Wildman–Crippen LogP) is -1.17. The minimum absolute atomic E-state index is 0. The minimum Gasteiger partial charge on any atom is -0.744 e. The van der Waals surface area contributed by atoms with Crippen LogP contribution in [-0.2, 0) is 10.1 Å². The van der Waals surface area contributed by atoms with Crippen molar-refractivity contribution in [2.75, 3.05) is 0 Å². The molecule has 0 fully saturated rings. The van der Waals surface area contributed by atoms with Crippen LogP contribution in [0.4, 0.5) is 11.4 Å². The smallest absolute Gasteiger partial charge is 0.744 e. The van der Waals surface area contributed by atoms with Crippen molar-refractivity contribution in [3.63, 3.8) is 0 Å². The van der Waals surface area contributed by atoms with Crippen molar-refractivity contribution in [3.8, 4) is 5.75 Å². The number of hydrogen-bond donors (Lipinski definition) is 1. The van der Waals surface area contributed by atoms with Gasteiger partial charge in [0.1, 0.15) is 15.8 Å². The van der Waals surface area contributed by atoms with Gasteiger partial charge in [0.05, 0.1) is 4.90 Å². The Morgan fingerprint density at radius 2 is 1.41 bits per heavy atom. The van der Waals surface area contributed by atoms with Crippen LogP contribution in [0.25, 0.3) is 21.5 Å². The summed E-state index contributed by atoms with van der Waals surface area (Å²) in [4.78, 5) is -0.448. The molecule has 134 valence electrons. The van der Waals surface area contributed by atoms with Crippen LogP contribution in [0.5, 0.6) is 5.75 Å². The molecule has 4 aromatic rings. The summed E-state index contributed by atoms with van der Waals surface area (Å²) in [5, 5.41) is 20.6. The number of phenolic OH excluding ortho intramolecular Hbond substituents is 1. The van der Waals surface area contributed by atoms with Gasteiger partial charge >= 0.3 is 59.1 Å². The van der Waals surface area contributed by atoms with Crippen molar-refractivity contribution in [2.24, 2.45) is 10.2 Å². The summed E-state index contributed by atoms with van der Waals surface area (Å²) in [7, 11) is -4.75. The number of benzene rings is 4.